The lowest BCUT2D eigenvalue weighted by Crippen LogP contribution is -2.21. The average Bonchev–Trinajstić information content (AvgIpc) is 2.79. The molecule has 3 aromatic carbocycles. The third-order valence-electron chi connectivity index (χ3n) is 4.86. The Morgan fingerprint density at radius 1 is 0.906 bits per heavy atom. The second kappa shape index (κ2) is 10.5. The number of nitrogens with one attached hydrogen (secondary N) is 2. The fourth-order valence-corrected chi connectivity index (χ4v) is 4.36. The third-order valence-corrected chi connectivity index (χ3v) is 6.51. The number of benzene rings is 3. The molecule has 0 aliphatic carbocycles. The van der Waals surface area contributed by atoms with Crippen molar-refractivity contribution in [2.75, 3.05) is 16.6 Å². The van der Waals surface area contributed by atoms with Gasteiger partial charge < -0.3 is 10.1 Å². The standard InChI is InChI=1S/C24H25ClN2O4S/c1-3-17-6-5-7-18(4-2)24(17)26-23(28)16-31-21-12-14-22(15-13-21)32(29,30)27-20-10-8-19(25)9-11-20/h5-15,27H,3-4,16H2,1-2H3,(H,26,28). The van der Waals surface area contributed by atoms with Gasteiger partial charge in [-0.3, -0.25) is 9.52 Å². The first kappa shape index (κ1) is 23.6. The van der Waals surface area contributed by atoms with Crippen molar-refractivity contribution in [3.05, 3.63) is 82.9 Å². The van der Waals surface area contributed by atoms with Gasteiger partial charge in [0, 0.05) is 16.4 Å². The van der Waals surface area contributed by atoms with Gasteiger partial charge in [0.05, 0.1) is 4.90 Å². The summed E-state index contributed by atoms with van der Waals surface area (Å²) in [4.78, 5) is 12.5. The molecule has 0 fully saturated rings. The van der Waals surface area contributed by atoms with Crippen molar-refractivity contribution in [2.24, 2.45) is 0 Å². The minimum atomic E-state index is -3.76. The Kier molecular flexibility index (Phi) is 7.77. The lowest BCUT2D eigenvalue weighted by Gasteiger charge is -2.15. The number of rotatable bonds is 9. The molecule has 0 aromatic heterocycles. The third kappa shape index (κ3) is 6.02. The van der Waals surface area contributed by atoms with Crippen LogP contribution in [0.3, 0.4) is 0 Å². The minimum Gasteiger partial charge on any atom is -0.484 e. The summed E-state index contributed by atoms with van der Waals surface area (Å²) in [5.41, 5.74) is 3.38. The number of para-hydroxylation sites is 1. The molecule has 0 aliphatic heterocycles. The Bertz CT molecular complexity index is 1160. The quantitative estimate of drug-likeness (QED) is 0.443. The van der Waals surface area contributed by atoms with Gasteiger partial charge in [0.1, 0.15) is 5.75 Å². The van der Waals surface area contributed by atoms with Crippen molar-refractivity contribution < 1.29 is 17.9 Å². The molecule has 0 spiro atoms. The van der Waals surface area contributed by atoms with Gasteiger partial charge in [-0.2, -0.15) is 0 Å². The Morgan fingerprint density at radius 3 is 2.06 bits per heavy atom. The summed E-state index contributed by atoms with van der Waals surface area (Å²) >= 11 is 5.83. The van der Waals surface area contributed by atoms with E-state index < -0.39 is 10.0 Å². The second-order valence-electron chi connectivity index (χ2n) is 7.08. The molecule has 32 heavy (non-hydrogen) atoms. The zero-order valence-electron chi connectivity index (χ0n) is 17.9. The maximum absolute atomic E-state index is 12.5. The van der Waals surface area contributed by atoms with Crippen LogP contribution in [0.2, 0.25) is 5.02 Å². The summed E-state index contributed by atoms with van der Waals surface area (Å²) in [7, 11) is -3.76. The van der Waals surface area contributed by atoms with E-state index in [0.29, 0.717) is 16.5 Å². The Balaban J connectivity index is 1.61. The molecule has 168 valence electrons. The molecule has 8 heteroatoms. The van der Waals surface area contributed by atoms with Crippen LogP contribution in [-0.4, -0.2) is 20.9 Å². The van der Waals surface area contributed by atoms with Gasteiger partial charge in [-0.05, 0) is 72.5 Å². The van der Waals surface area contributed by atoms with Crippen LogP contribution in [0.4, 0.5) is 11.4 Å². The molecule has 0 aliphatic rings. The first-order valence-corrected chi connectivity index (χ1v) is 12.1. The van der Waals surface area contributed by atoms with Gasteiger partial charge in [-0.25, -0.2) is 8.42 Å². The van der Waals surface area contributed by atoms with Crippen LogP contribution in [-0.2, 0) is 27.7 Å². The van der Waals surface area contributed by atoms with Crippen LogP contribution in [0, 0.1) is 0 Å². The SMILES string of the molecule is CCc1cccc(CC)c1NC(=O)COc1ccc(S(=O)(=O)Nc2ccc(Cl)cc2)cc1. The molecule has 0 saturated carbocycles. The zero-order chi connectivity index (χ0) is 23.1. The zero-order valence-corrected chi connectivity index (χ0v) is 19.5. The van der Waals surface area contributed by atoms with Crippen LogP contribution in [0.15, 0.2) is 71.6 Å². The molecule has 0 unspecified atom stereocenters. The molecule has 0 atom stereocenters. The number of anilines is 2. The summed E-state index contributed by atoms with van der Waals surface area (Å²) in [5.74, 6) is 0.117. The van der Waals surface area contributed by atoms with Gasteiger partial charge in [-0.15, -0.1) is 0 Å². The number of aryl methyl sites for hydroxylation is 2. The van der Waals surface area contributed by atoms with Crippen LogP contribution in [0.25, 0.3) is 0 Å². The number of halogens is 1. The highest BCUT2D eigenvalue weighted by molar-refractivity contribution is 7.92. The fraction of sp³-hybridized carbons (Fsp3) is 0.208. The van der Waals surface area contributed by atoms with E-state index >= 15 is 0 Å². The Labute approximate surface area is 193 Å². The van der Waals surface area contributed by atoms with E-state index in [2.05, 4.69) is 10.0 Å². The first-order valence-electron chi connectivity index (χ1n) is 10.2. The van der Waals surface area contributed by atoms with Crippen LogP contribution >= 0.6 is 11.6 Å². The van der Waals surface area contributed by atoms with Crippen molar-refractivity contribution in [3.8, 4) is 5.75 Å². The number of sulfonamides is 1. The minimum absolute atomic E-state index is 0.0775. The largest absolute Gasteiger partial charge is 0.484 e. The molecule has 2 N–H and O–H groups in total. The van der Waals surface area contributed by atoms with Crippen LogP contribution < -0.4 is 14.8 Å². The molecular formula is C24H25ClN2O4S. The van der Waals surface area contributed by atoms with Crippen molar-refractivity contribution in [3.63, 3.8) is 0 Å². The highest BCUT2D eigenvalue weighted by Gasteiger charge is 2.15. The molecule has 0 saturated heterocycles. The molecule has 0 bridgehead atoms. The van der Waals surface area contributed by atoms with Gasteiger partial charge in [0.2, 0.25) is 0 Å². The Hall–Kier alpha value is -3.03. The van der Waals surface area contributed by atoms with Crippen molar-refractivity contribution in [1.82, 2.24) is 0 Å². The van der Waals surface area contributed by atoms with Crippen LogP contribution in [0.1, 0.15) is 25.0 Å². The van der Waals surface area contributed by atoms with E-state index in [1.165, 1.54) is 24.3 Å². The van der Waals surface area contributed by atoms with Gasteiger partial charge >= 0.3 is 0 Å². The number of ether oxygens (including phenoxy) is 1. The Morgan fingerprint density at radius 2 is 1.50 bits per heavy atom. The predicted molar refractivity (Wildman–Crippen MR) is 128 cm³/mol. The van der Waals surface area contributed by atoms with Gasteiger partial charge in [-0.1, -0.05) is 43.6 Å². The summed E-state index contributed by atoms with van der Waals surface area (Å²) in [6.07, 6.45) is 1.62. The molecular weight excluding hydrogens is 448 g/mol. The second-order valence-corrected chi connectivity index (χ2v) is 9.20. The average molecular weight is 473 g/mol. The molecule has 3 rings (SSSR count). The normalized spacial score (nSPS) is 11.1. The van der Waals surface area contributed by atoms with E-state index in [9.17, 15) is 13.2 Å². The van der Waals surface area contributed by atoms with Gasteiger partial charge in [0.15, 0.2) is 6.61 Å². The number of hydrogen-bond acceptors (Lipinski definition) is 4. The van der Waals surface area contributed by atoms with E-state index in [0.717, 1.165) is 29.7 Å². The highest BCUT2D eigenvalue weighted by atomic mass is 35.5. The van der Waals surface area contributed by atoms with E-state index in [1.807, 2.05) is 32.0 Å². The maximum Gasteiger partial charge on any atom is 0.262 e. The van der Waals surface area contributed by atoms with E-state index in [1.54, 1.807) is 24.3 Å². The van der Waals surface area contributed by atoms with Crippen molar-refractivity contribution >= 4 is 38.9 Å². The summed E-state index contributed by atoms with van der Waals surface area (Å²) in [6.45, 7) is 3.90. The lowest BCUT2D eigenvalue weighted by atomic mass is 10.0. The molecule has 3 aromatic rings. The molecule has 0 heterocycles. The van der Waals surface area contributed by atoms with Crippen molar-refractivity contribution in [2.45, 2.75) is 31.6 Å². The number of amides is 1. The summed E-state index contributed by atoms with van der Waals surface area (Å²) < 4.78 is 33.1. The number of hydrogen-bond donors (Lipinski definition) is 2. The predicted octanol–water partition coefficient (Wildman–Crippen LogP) is 5.28. The van der Waals surface area contributed by atoms with Gasteiger partial charge in [0.25, 0.3) is 15.9 Å². The lowest BCUT2D eigenvalue weighted by molar-refractivity contribution is -0.118. The van der Waals surface area contributed by atoms with E-state index in [4.69, 9.17) is 16.3 Å². The number of carbonyl (C=O) groups excluding carboxylic acids is 1. The molecule has 0 radical (unpaired) electrons. The van der Waals surface area contributed by atoms with E-state index in [-0.39, 0.29) is 17.4 Å². The highest BCUT2D eigenvalue weighted by Crippen LogP contribution is 2.23. The number of carbonyl (C=O) groups is 1. The summed E-state index contributed by atoms with van der Waals surface area (Å²) in [5, 5.41) is 3.46. The smallest absolute Gasteiger partial charge is 0.262 e. The van der Waals surface area contributed by atoms with Crippen molar-refractivity contribution in [1.29, 1.82) is 0 Å². The first-order chi connectivity index (χ1) is 15.3. The topological polar surface area (TPSA) is 84.5 Å². The molecule has 6 nitrogen and oxygen atoms in total. The van der Waals surface area contributed by atoms with Crippen LogP contribution in [0.5, 0.6) is 5.75 Å². The molecule has 1 amide bonds. The summed E-state index contributed by atoms with van der Waals surface area (Å²) in [6, 6.07) is 18.2. The fourth-order valence-electron chi connectivity index (χ4n) is 3.17. The maximum atomic E-state index is 12.5. The monoisotopic (exact) mass is 472 g/mol.